The van der Waals surface area contributed by atoms with E-state index in [0.717, 1.165) is 25.6 Å². The van der Waals surface area contributed by atoms with E-state index in [0.29, 0.717) is 18.2 Å². The van der Waals surface area contributed by atoms with Gasteiger partial charge in [-0.2, -0.15) is 0 Å². The molecule has 1 aliphatic rings. The Hall–Kier alpha value is -1.40. The van der Waals surface area contributed by atoms with Gasteiger partial charge in [0.25, 0.3) is 5.91 Å². The van der Waals surface area contributed by atoms with Gasteiger partial charge in [-0.05, 0) is 37.6 Å². The Morgan fingerprint density at radius 1 is 1.47 bits per heavy atom. The number of hydrogen-bond acceptors (Lipinski definition) is 4. The fourth-order valence-electron chi connectivity index (χ4n) is 2.12. The number of amides is 1. The summed E-state index contributed by atoms with van der Waals surface area (Å²) in [6, 6.07) is 6.42. The minimum absolute atomic E-state index is 0.166. The average Bonchev–Trinajstić information content (AvgIpc) is 2.88. The molecule has 6 heteroatoms. The van der Waals surface area contributed by atoms with Gasteiger partial charge < -0.3 is 10.6 Å². The number of hydrogen-bond donors (Lipinski definition) is 2. The molecule has 5 nitrogen and oxygen atoms in total. The van der Waals surface area contributed by atoms with Crippen molar-refractivity contribution in [1.82, 2.24) is 10.6 Å². The van der Waals surface area contributed by atoms with Crippen LogP contribution in [0, 0.1) is 0 Å². The molecule has 1 aromatic carbocycles. The number of sulfone groups is 1. The molecule has 1 amide bonds. The number of rotatable bonds is 4. The van der Waals surface area contributed by atoms with Crippen LogP contribution in [0.1, 0.15) is 23.2 Å². The first kappa shape index (κ1) is 14.0. The van der Waals surface area contributed by atoms with E-state index in [4.69, 9.17) is 0 Å². The van der Waals surface area contributed by atoms with Gasteiger partial charge in [-0.15, -0.1) is 0 Å². The maximum atomic E-state index is 11.9. The molecule has 0 aliphatic carbocycles. The number of benzene rings is 1. The van der Waals surface area contributed by atoms with Crippen molar-refractivity contribution in [1.29, 1.82) is 0 Å². The van der Waals surface area contributed by atoms with Crippen LogP contribution in [0.4, 0.5) is 0 Å². The summed E-state index contributed by atoms with van der Waals surface area (Å²) in [5.41, 5.74) is 0.376. The van der Waals surface area contributed by atoms with Crippen LogP contribution in [0.25, 0.3) is 0 Å². The molecule has 19 heavy (non-hydrogen) atoms. The summed E-state index contributed by atoms with van der Waals surface area (Å²) in [5, 5.41) is 6.11. The van der Waals surface area contributed by atoms with Crippen LogP contribution in [-0.4, -0.2) is 39.7 Å². The second-order valence-electron chi connectivity index (χ2n) is 4.80. The predicted molar refractivity (Wildman–Crippen MR) is 72.9 cm³/mol. The maximum Gasteiger partial charge on any atom is 0.251 e. The summed E-state index contributed by atoms with van der Waals surface area (Å²) in [6.45, 7) is 1.56. The van der Waals surface area contributed by atoms with Crippen molar-refractivity contribution in [2.75, 3.05) is 19.3 Å². The van der Waals surface area contributed by atoms with Crippen molar-refractivity contribution in [2.24, 2.45) is 0 Å². The molecule has 0 saturated carbocycles. The summed E-state index contributed by atoms with van der Waals surface area (Å²) in [5.74, 6) is -0.237. The highest BCUT2D eigenvalue weighted by atomic mass is 32.2. The van der Waals surface area contributed by atoms with Crippen molar-refractivity contribution < 1.29 is 13.2 Å². The number of carbonyl (C=O) groups is 1. The number of nitrogens with one attached hydrogen (secondary N) is 2. The van der Waals surface area contributed by atoms with Gasteiger partial charge >= 0.3 is 0 Å². The molecule has 0 spiro atoms. The van der Waals surface area contributed by atoms with Crippen LogP contribution in [0.15, 0.2) is 29.2 Å². The molecule has 0 bridgehead atoms. The molecule has 1 unspecified atom stereocenters. The Kier molecular flexibility index (Phi) is 4.21. The van der Waals surface area contributed by atoms with Gasteiger partial charge in [0.1, 0.15) is 0 Å². The van der Waals surface area contributed by atoms with Gasteiger partial charge in [0.15, 0.2) is 9.84 Å². The fraction of sp³-hybridized carbons (Fsp3) is 0.462. The second kappa shape index (κ2) is 5.71. The zero-order valence-electron chi connectivity index (χ0n) is 10.8. The molecular weight excluding hydrogens is 264 g/mol. The Balaban J connectivity index is 2.02. The third-order valence-corrected chi connectivity index (χ3v) is 4.31. The smallest absolute Gasteiger partial charge is 0.251 e. The summed E-state index contributed by atoms with van der Waals surface area (Å²) >= 11 is 0. The van der Waals surface area contributed by atoms with E-state index < -0.39 is 9.84 Å². The molecule has 0 aromatic heterocycles. The standard InChI is InChI=1S/C13H18N2O3S/c1-19(17,18)12-6-2-4-10(8-12)13(16)15-9-11-5-3-7-14-11/h2,4,6,8,11,14H,3,5,7,9H2,1H3,(H,15,16). The van der Waals surface area contributed by atoms with E-state index in [1.165, 1.54) is 12.1 Å². The van der Waals surface area contributed by atoms with Crippen molar-refractivity contribution >= 4 is 15.7 Å². The van der Waals surface area contributed by atoms with Crippen LogP contribution in [0.2, 0.25) is 0 Å². The van der Waals surface area contributed by atoms with E-state index >= 15 is 0 Å². The first-order valence-corrected chi connectivity index (χ1v) is 8.17. The van der Waals surface area contributed by atoms with Crippen LogP contribution in [-0.2, 0) is 9.84 Å². The van der Waals surface area contributed by atoms with Gasteiger partial charge in [-0.25, -0.2) is 8.42 Å². The van der Waals surface area contributed by atoms with Crippen LogP contribution < -0.4 is 10.6 Å². The van der Waals surface area contributed by atoms with Crippen LogP contribution >= 0.6 is 0 Å². The predicted octanol–water partition coefficient (Wildman–Crippen LogP) is 0.572. The van der Waals surface area contributed by atoms with Crippen molar-refractivity contribution in [2.45, 2.75) is 23.8 Å². The van der Waals surface area contributed by atoms with Crippen molar-refractivity contribution in [3.05, 3.63) is 29.8 Å². The zero-order valence-corrected chi connectivity index (χ0v) is 11.7. The topological polar surface area (TPSA) is 75.3 Å². The lowest BCUT2D eigenvalue weighted by atomic mass is 10.2. The zero-order chi connectivity index (χ0) is 13.9. The van der Waals surface area contributed by atoms with E-state index in [-0.39, 0.29) is 10.8 Å². The molecule has 1 atom stereocenters. The van der Waals surface area contributed by atoms with Gasteiger partial charge in [0, 0.05) is 24.4 Å². The Morgan fingerprint density at radius 3 is 2.89 bits per heavy atom. The van der Waals surface area contributed by atoms with E-state index in [9.17, 15) is 13.2 Å². The molecule has 2 N–H and O–H groups in total. The first-order valence-electron chi connectivity index (χ1n) is 6.28. The largest absolute Gasteiger partial charge is 0.350 e. The third kappa shape index (κ3) is 3.78. The van der Waals surface area contributed by atoms with Crippen molar-refractivity contribution in [3.63, 3.8) is 0 Å². The van der Waals surface area contributed by atoms with Gasteiger partial charge in [-0.3, -0.25) is 4.79 Å². The van der Waals surface area contributed by atoms with E-state index in [2.05, 4.69) is 10.6 Å². The Bertz CT molecular complexity index is 563. The van der Waals surface area contributed by atoms with E-state index in [1.54, 1.807) is 12.1 Å². The second-order valence-corrected chi connectivity index (χ2v) is 6.82. The third-order valence-electron chi connectivity index (χ3n) is 3.20. The summed E-state index contributed by atoms with van der Waals surface area (Å²) in [6.07, 6.45) is 3.32. The molecule has 1 heterocycles. The molecule has 1 saturated heterocycles. The summed E-state index contributed by atoms with van der Waals surface area (Å²) < 4.78 is 22.9. The summed E-state index contributed by atoms with van der Waals surface area (Å²) in [7, 11) is -3.28. The van der Waals surface area contributed by atoms with Crippen LogP contribution in [0.5, 0.6) is 0 Å². The van der Waals surface area contributed by atoms with Gasteiger partial charge in [0.2, 0.25) is 0 Å². The van der Waals surface area contributed by atoms with Crippen LogP contribution in [0.3, 0.4) is 0 Å². The Labute approximate surface area is 113 Å². The lowest BCUT2D eigenvalue weighted by Crippen LogP contribution is -2.37. The molecule has 0 radical (unpaired) electrons. The molecular formula is C13H18N2O3S. The average molecular weight is 282 g/mol. The first-order chi connectivity index (χ1) is 8.97. The minimum Gasteiger partial charge on any atom is -0.350 e. The lowest BCUT2D eigenvalue weighted by molar-refractivity contribution is 0.0950. The molecule has 104 valence electrons. The minimum atomic E-state index is -3.28. The number of carbonyl (C=O) groups excluding carboxylic acids is 1. The summed E-state index contributed by atoms with van der Waals surface area (Å²) in [4.78, 5) is 12.1. The quantitative estimate of drug-likeness (QED) is 0.846. The van der Waals surface area contributed by atoms with E-state index in [1.807, 2.05) is 0 Å². The maximum absolute atomic E-state index is 11.9. The highest BCUT2D eigenvalue weighted by Crippen LogP contribution is 2.11. The Morgan fingerprint density at radius 2 is 2.26 bits per heavy atom. The molecule has 1 aromatic rings. The lowest BCUT2D eigenvalue weighted by Gasteiger charge is -2.11. The normalized spacial score (nSPS) is 19.3. The monoisotopic (exact) mass is 282 g/mol. The highest BCUT2D eigenvalue weighted by Gasteiger charge is 2.16. The fourth-order valence-corrected chi connectivity index (χ4v) is 2.78. The van der Waals surface area contributed by atoms with Gasteiger partial charge in [-0.1, -0.05) is 6.07 Å². The van der Waals surface area contributed by atoms with Gasteiger partial charge in [0.05, 0.1) is 4.90 Å². The molecule has 1 fully saturated rings. The van der Waals surface area contributed by atoms with Crippen molar-refractivity contribution in [3.8, 4) is 0 Å². The molecule has 2 rings (SSSR count). The highest BCUT2D eigenvalue weighted by molar-refractivity contribution is 7.90. The SMILES string of the molecule is CS(=O)(=O)c1cccc(C(=O)NCC2CCCN2)c1. The molecule has 1 aliphatic heterocycles.